The average molecular weight is 553 g/mol. The topological polar surface area (TPSA) is 143 Å². The molecule has 2 aromatic rings. The van der Waals surface area contributed by atoms with E-state index >= 15 is 0 Å². The number of anilines is 2. The van der Waals surface area contributed by atoms with Gasteiger partial charge in [0.1, 0.15) is 5.56 Å². The zero-order valence-corrected chi connectivity index (χ0v) is 19.8. The van der Waals surface area contributed by atoms with E-state index in [4.69, 9.17) is 5.73 Å². The van der Waals surface area contributed by atoms with Gasteiger partial charge in [-0.3, -0.25) is 9.48 Å². The van der Waals surface area contributed by atoms with Crippen LogP contribution in [0.2, 0.25) is 0 Å². The van der Waals surface area contributed by atoms with Crippen molar-refractivity contribution in [3.8, 4) is 6.07 Å². The number of amides is 1. The molecule has 1 aliphatic carbocycles. The summed E-state index contributed by atoms with van der Waals surface area (Å²) in [7, 11) is -5.54. The molecule has 0 unspecified atom stereocenters. The third-order valence-electron chi connectivity index (χ3n) is 5.89. The molecule has 0 spiro atoms. The number of hydrogen-bond acceptors (Lipinski definition) is 7. The summed E-state index contributed by atoms with van der Waals surface area (Å²) < 4.78 is 99.8. The first-order valence-corrected chi connectivity index (χ1v) is 12.4. The van der Waals surface area contributed by atoms with E-state index in [1.165, 1.54) is 10.9 Å². The van der Waals surface area contributed by atoms with Crippen LogP contribution in [-0.4, -0.2) is 48.4 Å². The number of benzene rings is 1. The Bertz CT molecular complexity index is 1270. The minimum Gasteiger partial charge on any atom is -0.365 e. The summed E-state index contributed by atoms with van der Waals surface area (Å²) in [4.78, 5) is 11.0. The van der Waals surface area contributed by atoms with Gasteiger partial charge in [0.25, 0.3) is 15.7 Å². The standard InChI is InChI=1S/C21H22F6N6O3S/c22-20(23,24)7-8-30-14-3-6-17(12(9-14)10-28)33-11-16(18(29)34)19(32-33)31-13-1-4-15(5-2-13)37(35,36)21(25,26)27/h1-2,4-5,11-12,14,17,30H,3,6-9H2,(H2,29,34)(H,31,32)/t12-,14-,17+/m1/s1. The lowest BCUT2D eigenvalue weighted by atomic mass is 9.82. The highest BCUT2D eigenvalue weighted by Gasteiger charge is 2.46. The van der Waals surface area contributed by atoms with Crippen molar-refractivity contribution in [1.82, 2.24) is 15.1 Å². The highest BCUT2D eigenvalue weighted by Crippen LogP contribution is 2.35. The van der Waals surface area contributed by atoms with Crippen LogP contribution in [0.3, 0.4) is 0 Å². The summed E-state index contributed by atoms with van der Waals surface area (Å²) in [5, 5.41) is 19.4. The Morgan fingerprint density at radius 2 is 1.81 bits per heavy atom. The van der Waals surface area contributed by atoms with E-state index in [0.29, 0.717) is 12.8 Å². The number of carbonyl (C=O) groups is 1. The quantitative estimate of drug-likeness (QED) is 0.423. The van der Waals surface area contributed by atoms with Gasteiger partial charge in [-0.15, -0.1) is 0 Å². The number of halogens is 6. The van der Waals surface area contributed by atoms with Crippen LogP contribution >= 0.6 is 0 Å². The predicted octanol–water partition coefficient (Wildman–Crippen LogP) is 3.79. The maximum absolute atomic E-state index is 12.7. The molecule has 1 aromatic heterocycles. The zero-order valence-electron chi connectivity index (χ0n) is 19.0. The fraction of sp³-hybridized carbons (Fsp3) is 0.476. The van der Waals surface area contributed by atoms with E-state index in [1.54, 1.807) is 0 Å². The fourth-order valence-electron chi connectivity index (χ4n) is 4.04. The molecule has 202 valence electrons. The molecule has 0 saturated heterocycles. The summed E-state index contributed by atoms with van der Waals surface area (Å²) in [6, 6.07) is 4.89. The first-order valence-electron chi connectivity index (χ1n) is 10.9. The summed E-state index contributed by atoms with van der Waals surface area (Å²) in [6.07, 6.45) is -2.92. The minimum atomic E-state index is -5.54. The lowest BCUT2D eigenvalue weighted by Crippen LogP contribution is -2.39. The van der Waals surface area contributed by atoms with E-state index in [-0.39, 0.29) is 36.1 Å². The molecule has 0 radical (unpaired) electrons. The van der Waals surface area contributed by atoms with E-state index in [0.717, 1.165) is 24.3 Å². The number of carbonyl (C=O) groups excluding carboxylic acids is 1. The molecule has 1 amide bonds. The molecule has 3 rings (SSSR count). The molecule has 0 aliphatic heterocycles. The first-order chi connectivity index (χ1) is 17.1. The van der Waals surface area contributed by atoms with Gasteiger partial charge in [0.15, 0.2) is 5.82 Å². The van der Waals surface area contributed by atoms with Crippen LogP contribution in [0.4, 0.5) is 37.8 Å². The van der Waals surface area contributed by atoms with Crippen molar-refractivity contribution < 1.29 is 39.6 Å². The highest BCUT2D eigenvalue weighted by molar-refractivity contribution is 7.92. The molecule has 1 saturated carbocycles. The monoisotopic (exact) mass is 552 g/mol. The molecular formula is C21H22F6N6O3S. The molecule has 0 bridgehead atoms. The maximum atomic E-state index is 12.7. The van der Waals surface area contributed by atoms with Crippen molar-refractivity contribution in [2.75, 3.05) is 11.9 Å². The van der Waals surface area contributed by atoms with Crippen LogP contribution in [0.5, 0.6) is 0 Å². The van der Waals surface area contributed by atoms with Crippen LogP contribution in [0, 0.1) is 17.2 Å². The molecule has 9 nitrogen and oxygen atoms in total. The van der Waals surface area contributed by atoms with Gasteiger partial charge in [0.2, 0.25) is 0 Å². The number of hydrogen-bond donors (Lipinski definition) is 3. The molecule has 4 N–H and O–H groups in total. The average Bonchev–Trinajstić information content (AvgIpc) is 3.21. The number of nitrogens with one attached hydrogen (secondary N) is 2. The lowest BCUT2D eigenvalue weighted by Gasteiger charge is -2.33. The SMILES string of the molecule is N#C[C@H]1C[C@H](NCCC(F)(F)F)CC[C@@H]1n1cc(C(N)=O)c(Nc2ccc(S(=O)(=O)C(F)(F)F)cc2)n1. The van der Waals surface area contributed by atoms with Gasteiger partial charge in [-0.2, -0.15) is 36.7 Å². The largest absolute Gasteiger partial charge is 0.501 e. The van der Waals surface area contributed by atoms with Gasteiger partial charge in [0.05, 0.1) is 29.3 Å². The Kier molecular flexibility index (Phi) is 8.08. The first kappa shape index (κ1) is 28.3. The van der Waals surface area contributed by atoms with Crippen LogP contribution in [0.25, 0.3) is 0 Å². The van der Waals surface area contributed by atoms with Crippen molar-refractivity contribution in [3.63, 3.8) is 0 Å². The van der Waals surface area contributed by atoms with Gasteiger partial charge in [-0.1, -0.05) is 0 Å². The second-order valence-corrected chi connectivity index (χ2v) is 10.4. The van der Waals surface area contributed by atoms with Crippen LogP contribution in [-0.2, 0) is 9.84 Å². The molecule has 1 heterocycles. The van der Waals surface area contributed by atoms with E-state index in [2.05, 4.69) is 21.8 Å². The molecule has 1 aliphatic rings. The van der Waals surface area contributed by atoms with Gasteiger partial charge in [0, 0.05) is 24.5 Å². The van der Waals surface area contributed by atoms with Crippen molar-refractivity contribution in [3.05, 3.63) is 36.0 Å². The van der Waals surface area contributed by atoms with Crippen molar-refractivity contribution in [1.29, 1.82) is 5.26 Å². The zero-order chi connectivity index (χ0) is 27.6. The van der Waals surface area contributed by atoms with Crippen LogP contribution in [0.15, 0.2) is 35.4 Å². The number of sulfone groups is 1. The Labute approximate surface area is 207 Å². The Morgan fingerprint density at radius 1 is 1.16 bits per heavy atom. The molecule has 37 heavy (non-hydrogen) atoms. The Balaban J connectivity index is 1.76. The van der Waals surface area contributed by atoms with Gasteiger partial charge >= 0.3 is 11.7 Å². The second kappa shape index (κ2) is 10.6. The summed E-state index contributed by atoms with van der Waals surface area (Å²) in [5.74, 6) is -1.60. The van der Waals surface area contributed by atoms with Gasteiger partial charge in [-0.05, 0) is 43.5 Å². The molecule has 1 aromatic carbocycles. The molecule has 1 fully saturated rings. The predicted molar refractivity (Wildman–Crippen MR) is 118 cm³/mol. The number of nitrogens with zero attached hydrogens (tertiary/aromatic N) is 3. The smallest absolute Gasteiger partial charge is 0.365 e. The number of primary amides is 1. The highest BCUT2D eigenvalue weighted by atomic mass is 32.2. The Morgan fingerprint density at radius 3 is 2.35 bits per heavy atom. The van der Waals surface area contributed by atoms with Crippen molar-refractivity contribution in [2.45, 2.75) is 54.3 Å². The third kappa shape index (κ3) is 6.72. The second-order valence-electron chi connectivity index (χ2n) is 8.47. The number of alkyl halides is 6. The van der Waals surface area contributed by atoms with Gasteiger partial charge < -0.3 is 16.4 Å². The van der Waals surface area contributed by atoms with E-state index < -0.39 is 50.7 Å². The van der Waals surface area contributed by atoms with Crippen LogP contribution in [0.1, 0.15) is 42.1 Å². The minimum absolute atomic E-state index is 0.0685. The Hall–Kier alpha value is -3.32. The summed E-state index contributed by atoms with van der Waals surface area (Å²) >= 11 is 0. The molecule has 3 atom stereocenters. The number of nitrogens with two attached hydrogens (primary N) is 1. The third-order valence-corrected chi connectivity index (χ3v) is 7.39. The van der Waals surface area contributed by atoms with E-state index in [9.17, 15) is 44.8 Å². The number of rotatable bonds is 8. The van der Waals surface area contributed by atoms with E-state index in [1.807, 2.05) is 0 Å². The molecule has 16 heteroatoms. The van der Waals surface area contributed by atoms with Gasteiger partial charge in [-0.25, -0.2) is 8.42 Å². The normalized spacial score (nSPS) is 20.8. The summed E-state index contributed by atoms with van der Waals surface area (Å²) in [5.41, 5.74) is -0.0270. The van der Waals surface area contributed by atoms with Crippen molar-refractivity contribution >= 4 is 27.2 Å². The fourth-order valence-corrected chi connectivity index (χ4v) is 4.80. The van der Waals surface area contributed by atoms with Crippen LogP contribution < -0.4 is 16.4 Å². The number of nitriles is 1. The molecular weight excluding hydrogens is 530 g/mol. The maximum Gasteiger partial charge on any atom is 0.501 e. The number of aromatic nitrogens is 2. The van der Waals surface area contributed by atoms with Crippen molar-refractivity contribution in [2.24, 2.45) is 11.7 Å². The summed E-state index contributed by atoms with van der Waals surface area (Å²) in [6.45, 7) is -0.276. The lowest BCUT2D eigenvalue weighted by molar-refractivity contribution is -0.133.